The van der Waals surface area contributed by atoms with E-state index in [4.69, 9.17) is 14.5 Å². The van der Waals surface area contributed by atoms with Crippen LogP contribution in [0.25, 0.3) is 0 Å². The highest BCUT2D eigenvalue weighted by molar-refractivity contribution is 8.00. The van der Waals surface area contributed by atoms with Crippen molar-refractivity contribution in [2.45, 2.75) is 50.1 Å². The van der Waals surface area contributed by atoms with Crippen molar-refractivity contribution in [1.29, 1.82) is 0 Å². The van der Waals surface area contributed by atoms with Crippen LogP contribution >= 0.6 is 11.8 Å². The van der Waals surface area contributed by atoms with Crippen molar-refractivity contribution in [1.82, 2.24) is 4.90 Å². The Morgan fingerprint density at radius 3 is 2.24 bits per heavy atom. The SMILES string of the molecule is CCCCC1(N=Cc2ccc([N+](=O)[O-])cc2)C(=O)N2C(C(=O)OC(c3ccccc3)c3ccccc3)=C(COC(C)=O)CS[C@@H]21. The van der Waals surface area contributed by atoms with E-state index in [-0.39, 0.29) is 23.9 Å². The fourth-order valence-corrected chi connectivity index (χ4v) is 6.92. The van der Waals surface area contributed by atoms with E-state index >= 15 is 0 Å². The molecule has 0 saturated carbocycles. The minimum Gasteiger partial charge on any atom is -0.461 e. The lowest BCUT2D eigenvalue weighted by molar-refractivity contribution is -0.384. The smallest absolute Gasteiger partial charge is 0.356 e. The highest BCUT2D eigenvalue weighted by atomic mass is 32.2. The van der Waals surface area contributed by atoms with E-state index in [1.54, 1.807) is 18.3 Å². The molecule has 10 nitrogen and oxygen atoms in total. The Labute approximate surface area is 265 Å². The number of nitrogens with zero attached hydrogens (tertiary/aromatic N) is 3. The Morgan fingerprint density at radius 1 is 1.07 bits per heavy atom. The van der Waals surface area contributed by atoms with Gasteiger partial charge in [0.15, 0.2) is 11.6 Å². The molecule has 2 atom stereocenters. The van der Waals surface area contributed by atoms with Gasteiger partial charge in [-0.2, -0.15) is 0 Å². The summed E-state index contributed by atoms with van der Waals surface area (Å²) in [5.41, 5.74) is 1.51. The second kappa shape index (κ2) is 13.9. The lowest BCUT2D eigenvalue weighted by atomic mass is 9.82. The second-order valence-corrected chi connectivity index (χ2v) is 11.9. The number of aliphatic imine (C=N–C) groups is 1. The number of non-ortho nitro benzene ring substituents is 1. The van der Waals surface area contributed by atoms with Gasteiger partial charge in [-0.25, -0.2) is 4.79 Å². The molecule has 2 heterocycles. The number of nitro benzene ring substituents is 1. The quantitative estimate of drug-likeness (QED) is 0.0786. The molecule has 0 bridgehead atoms. The maximum absolute atomic E-state index is 14.2. The normalized spacial score (nSPS) is 19.3. The monoisotopic (exact) mass is 627 g/mol. The number of carbonyl (C=O) groups is 3. The highest BCUT2D eigenvalue weighted by Crippen LogP contribution is 2.51. The lowest BCUT2D eigenvalue weighted by Gasteiger charge is -2.55. The number of nitro groups is 1. The number of amides is 1. The number of hydrogen-bond donors (Lipinski definition) is 0. The summed E-state index contributed by atoms with van der Waals surface area (Å²) in [5, 5.41) is 10.6. The number of benzene rings is 3. The molecule has 1 saturated heterocycles. The predicted octanol–water partition coefficient (Wildman–Crippen LogP) is 6.01. The molecular formula is C34H33N3O7S. The first-order valence-electron chi connectivity index (χ1n) is 14.7. The van der Waals surface area contributed by atoms with Crippen molar-refractivity contribution < 1.29 is 28.8 Å². The van der Waals surface area contributed by atoms with E-state index in [0.717, 1.165) is 24.0 Å². The van der Waals surface area contributed by atoms with Crippen LogP contribution in [0.1, 0.15) is 55.9 Å². The first-order valence-corrected chi connectivity index (χ1v) is 15.7. The van der Waals surface area contributed by atoms with Crippen LogP contribution in [0.3, 0.4) is 0 Å². The third-order valence-corrected chi connectivity index (χ3v) is 9.19. The Morgan fingerprint density at radius 2 is 1.69 bits per heavy atom. The standard InChI is InChI=1S/C34H33N3O7S/c1-3-4-19-34(35-20-24-15-17-28(18-16-24)37(41)42)32(40)36-29(27(21-43-23(2)38)22-45-33(34)36)31(39)44-30(25-11-7-5-8-12-25)26-13-9-6-10-14-26/h5-18,20,30,33H,3-4,19,21-22H2,1-2H3/t33-,34?/m1/s1. The highest BCUT2D eigenvalue weighted by Gasteiger charge is 2.64. The molecule has 0 spiro atoms. The number of fused-ring (bicyclic) bond motifs is 1. The van der Waals surface area contributed by atoms with Gasteiger partial charge in [0.1, 0.15) is 17.7 Å². The van der Waals surface area contributed by atoms with E-state index in [2.05, 4.69) is 0 Å². The summed E-state index contributed by atoms with van der Waals surface area (Å²) in [6.45, 7) is 3.16. The van der Waals surface area contributed by atoms with Crippen molar-refractivity contribution in [3.63, 3.8) is 0 Å². The number of carbonyl (C=O) groups excluding carboxylic acids is 3. The number of esters is 2. The number of unbranched alkanes of at least 4 members (excludes halogenated alkanes) is 1. The molecule has 3 aromatic rings. The van der Waals surface area contributed by atoms with Crippen molar-refractivity contribution in [3.05, 3.63) is 123 Å². The first-order chi connectivity index (χ1) is 21.7. The number of rotatable bonds is 12. The second-order valence-electron chi connectivity index (χ2n) is 10.8. The van der Waals surface area contributed by atoms with Crippen molar-refractivity contribution in [2.24, 2.45) is 4.99 Å². The third kappa shape index (κ3) is 6.68. The van der Waals surface area contributed by atoms with Gasteiger partial charge in [-0.1, -0.05) is 80.4 Å². The minimum absolute atomic E-state index is 0.0421. The lowest BCUT2D eigenvalue weighted by Crippen LogP contribution is -2.72. The molecule has 0 aliphatic carbocycles. The summed E-state index contributed by atoms with van der Waals surface area (Å²) < 4.78 is 11.5. The van der Waals surface area contributed by atoms with Crippen LogP contribution in [0, 0.1) is 10.1 Å². The van der Waals surface area contributed by atoms with Gasteiger partial charge in [0.25, 0.3) is 11.6 Å². The van der Waals surface area contributed by atoms with Gasteiger partial charge in [0, 0.05) is 36.6 Å². The van der Waals surface area contributed by atoms with E-state index in [1.165, 1.54) is 35.7 Å². The maximum Gasteiger partial charge on any atom is 0.356 e. The van der Waals surface area contributed by atoms with E-state index in [9.17, 15) is 24.5 Å². The molecule has 11 heteroatoms. The molecular weight excluding hydrogens is 594 g/mol. The van der Waals surface area contributed by atoms with Crippen LogP contribution in [-0.4, -0.2) is 57.2 Å². The number of thioether (sulfide) groups is 1. The van der Waals surface area contributed by atoms with Crippen LogP contribution in [0.4, 0.5) is 5.69 Å². The van der Waals surface area contributed by atoms with Gasteiger partial charge in [-0.05, 0) is 35.2 Å². The molecule has 0 radical (unpaired) electrons. The zero-order chi connectivity index (χ0) is 32.0. The van der Waals surface area contributed by atoms with Crippen LogP contribution in [0.15, 0.2) is 101 Å². The third-order valence-electron chi connectivity index (χ3n) is 7.76. The molecule has 3 aromatic carbocycles. The Hall–Kier alpha value is -4.77. The van der Waals surface area contributed by atoms with Crippen molar-refractivity contribution >= 4 is 41.5 Å². The van der Waals surface area contributed by atoms with E-state index < -0.39 is 33.9 Å². The van der Waals surface area contributed by atoms with Crippen molar-refractivity contribution in [2.75, 3.05) is 12.4 Å². The zero-order valence-electron chi connectivity index (χ0n) is 25.0. The van der Waals surface area contributed by atoms with Gasteiger partial charge in [0.2, 0.25) is 0 Å². The van der Waals surface area contributed by atoms with Crippen molar-refractivity contribution in [3.8, 4) is 0 Å². The molecule has 45 heavy (non-hydrogen) atoms. The summed E-state index contributed by atoms with van der Waals surface area (Å²) in [7, 11) is 0. The Kier molecular flexibility index (Phi) is 9.77. The summed E-state index contributed by atoms with van der Waals surface area (Å²) in [4.78, 5) is 56.8. The average molecular weight is 628 g/mol. The fraction of sp³-hybridized carbons (Fsp3) is 0.294. The molecule has 232 valence electrons. The maximum atomic E-state index is 14.2. The number of β-lactam (4-membered cyclic amide) rings is 1. The minimum atomic E-state index is -1.14. The predicted molar refractivity (Wildman–Crippen MR) is 171 cm³/mol. The molecule has 1 fully saturated rings. The van der Waals surface area contributed by atoms with E-state index in [1.807, 2.05) is 67.6 Å². The summed E-state index contributed by atoms with van der Waals surface area (Å²) in [6.07, 6.45) is 2.83. The van der Waals surface area contributed by atoms with Crippen LogP contribution in [-0.2, 0) is 23.9 Å². The average Bonchev–Trinajstić information content (AvgIpc) is 3.06. The van der Waals surface area contributed by atoms with Gasteiger partial charge in [-0.3, -0.25) is 29.6 Å². The Balaban J connectivity index is 1.49. The molecule has 0 N–H and O–H groups in total. The van der Waals surface area contributed by atoms with Gasteiger partial charge < -0.3 is 9.47 Å². The first kappa shape index (κ1) is 31.6. The van der Waals surface area contributed by atoms with Gasteiger partial charge >= 0.3 is 11.9 Å². The number of ether oxygens (including phenoxy) is 2. The van der Waals surface area contributed by atoms with Gasteiger partial charge in [-0.15, -0.1) is 11.8 Å². The van der Waals surface area contributed by atoms with Crippen LogP contribution < -0.4 is 0 Å². The molecule has 1 amide bonds. The molecule has 1 unspecified atom stereocenters. The van der Waals surface area contributed by atoms with E-state index in [0.29, 0.717) is 23.3 Å². The van der Waals surface area contributed by atoms with Gasteiger partial charge in [0.05, 0.1) is 4.92 Å². The van der Waals surface area contributed by atoms with Crippen LogP contribution in [0.5, 0.6) is 0 Å². The van der Waals surface area contributed by atoms with Crippen LogP contribution in [0.2, 0.25) is 0 Å². The molecule has 0 aromatic heterocycles. The topological polar surface area (TPSA) is 128 Å². The number of hydrogen-bond acceptors (Lipinski definition) is 9. The summed E-state index contributed by atoms with van der Waals surface area (Å²) in [6, 6.07) is 24.6. The summed E-state index contributed by atoms with van der Waals surface area (Å²) in [5.74, 6) is -1.23. The largest absolute Gasteiger partial charge is 0.461 e. The Bertz CT molecular complexity index is 1590. The zero-order valence-corrected chi connectivity index (χ0v) is 25.8. The molecule has 2 aliphatic rings. The summed E-state index contributed by atoms with van der Waals surface area (Å²) >= 11 is 1.45. The fourth-order valence-electron chi connectivity index (χ4n) is 5.44. The molecule has 2 aliphatic heterocycles. The molecule has 5 rings (SSSR count).